The summed E-state index contributed by atoms with van der Waals surface area (Å²) in [7, 11) is 0. The van der Waals surface area contributed by atoms with Gasteiger partial charge in [0, 0.05) is 23.8 Å². The number of rotatable bonds is 1. The highest BCUT2D eigenvalue weighted by molar-refractivity contribution is 14.1. The van der Waals surface area contributed by atoms with Crippen molar-refractivity contribution in [2.45, 2.75) is 18.7 Å². The maximum absolute atomic E-state index is 12.2. The zero-order valence-corrected chi connectivity index (χ0v) is 12.7. The Labute approximate surface area is 118 Å². The summed E-state index contributed by atoms with van der Waals surface area (Å²) in [6.45, 7) is 3.66. The van der Waals surface area contributed by atoms with Crippen LogP contribution in [0.1, 0.15) is 23.7 Å². The second kappa shape index (κ2) is 5.23. The van der Waals surface area contributed by atoms with E-state index in [1.54, 1.807) is 11.3 Å². The van der Waals surface area contributed by atoms with Crippen molar-refractivity contribution in [3.63, 3.8) is 0 Å². The van der Waals surface area contributed by atoms with Crippen molar-refractivity contribution < 1.29 is 4.79 Å². The molecule has 1 aromatic rings. The lowest BCUT2D eigenvalue weighted by molar-refractivity contribution is 0.0687. The quantitative estimate of drug-likeness (QED) is 0.548. The normalized spacial score (nSPS) is 25.8. The summed E-state index contributed by atoms with van der Waals surface area (Å²) in [5, 5.41) is 2.15. The van der Waals surface area contributed by atoms with Gasteiger partial charge in [0.05, 0.1) is 8.45 Å². The second-order valence-corrected chi connectivity index (χ2v) is 7.54. The Hall–Kier alpha value is 0.190. The molecule has 0 aromatic carbocycles. The lowest BCUT2D eigenvalue weighted by Crippen LogP contribution is -2.43. The molecular weight excluding hydrogens is 357 g/mol. The first-order valence-corrected chi connectivity index (χ1v) is 7.65. The minimum absolute atomic E-state index is 0.148. The molecule has 5 heteroatoms. The number of piperidine rings is 1. The highest BCUT2D eigenvalue weighted by atomic mass is 127. The van der Waals surface area contributed by atoms with Crippen LogP contribution in [0, 0.1) is 8.80 Å². The first-order valence-electron chi connectivity index (χ1n) is 5.25. The first kappa shape index (κ1) is 12.6. The molecule has 2 rings (SSSR count). The van der Waals surface area contributed by atoms with Gasteiger partial charge in [-0.05, 0) is 41.0 Å². The summed E-state index contributed by atoms with van der Waals surface area (Å²) in [5.41, 5.74) is 0.814. The van der Waals surface area contributed by atoms with E-state index < -0.39 is 0 Å². The topological polar surface area (TPSA) is 20.3 Å². The number of carbonyl (C=O) groups excluding carboxylic acids is 1. The van der Waals surface area contributed by atoms with Gasteiger partial charge in [0.1, 0.15) is 0 Å². The van der Waals surface area contributed by atoms with Crippen molar-refractivity contribution in [3.05, 3.63) is 19.9 Å². The zero-order chi connectivity index (χ0) is 11.7. The maximum Gasteiger partial charge on any atom is 0.254 e. The fraction of sp³-hybridized carbons (Fsp3) is 0.545. The lowest BCUT2D eigenvalue weighted by Gasteiger charge is -2.33. The van der Waals surface area contributed by atoms with E-state index in [0.29, 0.717) is 5.92 Å². The average molecular weight is 370 g/mol. The number of likely N-dealkylation sites (tertiary alicyclic amines) is 1. The van der Waals surface area contributed by atoms with Crippen LogP contribution in [0.2, 0.25) is 0 Å². The molecule has 0 saturated carbocycles. The third-order valence-corrected chi connectivity index (χ3v) is 5.34. The molecule has 1 saturated heterocycles. The predicted octanol–water partition coefficient (Wildman–Crippen LogP) is 3.44. The van der Waals surface area contributed by atoms with Crippen LogP contribution in [0.15, 0.2) is 11.4 Å². The molecule has 2 atom stereocenters. The molecule has 2 heterocycles. The molecule has 88 valence electrons. The van der Waals surface area contributed by atoms with Gasteiger partial charge in [-0.3, -0.25) is 4.79 Å². The molecule has 2 unspecified atom stereocenters. The molecule has 0 spiro atoms. The van der Waals surface area contributed by atoms with Crippen molar-refractivity contribution in [2.24, 2.45) is 5.92 Å². The van der Waals surface area contributed by atoms with E-state index in [2.05, 4.69) is 29.5 Å². The molecule has 0 radical (unpaired) electrons. The molecule has 0 aliphatic carbocycles. The third-order valence-electron chi connectivity index (χ3n) is 2.90. The smallest absolute Gasteiger partial charge is 0.254 e. The van der Waals surface area contributed by atoms with Gasteiger partial charge in [-0.2, -0.15) is 0 Å². The Morgan fingerprint density at radius 3 is 3.00 bits per heavy atom. The van der Waals surface area contributed by atoms with E-state index >= 15 is 0 Å². The van der Waals surface area contributed by atoms with Gasteiger partial charge in [0.15, 0.2) is 0 Å². The van der Waals surface area contributed by atoms with Gasteiger partial charge in [-0.25, -0.2) is 0 Å². The minimum atomic E-state index is 0.148. The zero-order valence-electron chi connectivity index (χ0n) is 8.95. The summed E-state index contributed by atoms with van der Waals surface area (Å²) < 4.78 is 1.15. The Balaban J connectivity index is 2.06. The summed E-state index contributed by atoms with van der Waals surface area (Å²) in [6, 6.07) is 1.95. The number of halogens is 2. The first-order chi connectivity index (χ1) is 7.58. The maximum atomic E-state index is 12.2. The van der Waals surface area contributed by atoms with Crippen LogP contribution in [0.4, 0.5) is 0 Å². The second-order valence-electron chi connectivity index (χ2n) is 4.17. The number of nitrogens with zero attached hydrogens (tertiary/aromatic N) is 1. The van der Waals surface area contributed by atoms with Crippen LogP contribution in [0.5, 0.6) is 0 Å². The van der Waals surface area contributed by atoms with E-state index in [4.69, 9.17) is 11.6 Å². The van der Waals surface area contributed by atoms with Crippen LogP contribution in [0.3, 0.4) is 0 Å². The predicted molar refractivity (Wildman–Crippen MR) is 76.4 cm³/mol. The van der Waals surface area contributed by atoms with Crippen LogP contribution in [-0.2, 0) is 0 Å². The molecule has 1 aliphatic heterocycles. The van der Waals surface area contributed by atoms with E-state index in [1.165, 1.54) is 0 Å². The number of alkyl halides is 1. The van der Waals surface area contributed by atoms with Crippen molar-refractivity contribution in [2.75, 3.05) is 13.1 Å². The molecule has 0 bridgehead atoms. The molecule has 0 N–H and O–H groups in total. The highest BCUT2D eigenvalue weighted by Gasteiger charge is 2.27. The van der Waals surface area contributed by atoms with Crippen LogP contribution in [-0.4, -0.2) is 29.3 Å². The fourth-order valence-corrected chi connectivity index (χ4v) is 3.40. The number of hydrogen-bond acceptors (Lipinski definition) is 2. The van der Waals surface area contributed by atoms with Crippen molar-refractivity contribution in [3.8, 4) is 0 Å². The molecular formula is C11H13ClINOS. The summed E-state index contributed by atoms with van der Waals surface area (Å²) >= 11 is 10.0. The van der Waals surface area contributed by atoms with Crippen molar-refractivity contribution in [1.82, 2.24) is 4.90 Å². The summed E-state index contributed by atoms with van der Waals surface area (Å²) in [4.78, 5) is 14.1. The van der Waals surface area contributed by atoms with Gasteiger partial charge < -0.3 is 4.90 Å². The van der Waals surface area contributed by atoms with E-state index in [-0.39, 0.29) is 11.3 Å². The standard InChI is InChI=1S/C11H13ClINOS/c1-7-5-14(3-2-9(7)12)11(15)8-4-10(13)16-6-8/h4,6-7,9H,2-3,5H2,1H3. The van der Waals surface area contributed by atoms with Gasteiger partial charge in [0.25, 0.3) is 5.91 Å². The number of hydrogen-bond donors (Lipinski definition) is 0. The van der Waals surface area contributed by atoms with Gasteiger partial charge in [-0.15, -0.1) is 22.9 Å². The van der Waals surface area contributed by atoms with Crippen molar-refractivity contribution >= 4 is 51.4 Å². The molecule has 1 aliphatic rings. The third kappa shape index (κ3) is 2.71. The Kier molecular flexibility index (Phi) is 4.13. The Morgan fingerprint density at radius 2 is 2.44 bits per heavy atom. The number of amides is 1. The van der Waals surface area contributed by atoms with Crippen LogP contribution < -0.4 is 0 Å². The van der Waals surface area contributed by atoms with Crippen molar-refractivity contribution in [1.29, 1.82) is 0 Å². The summed E-state index contributed by atoms with van der Waals surface area (Å²) in [6.07, 6.45) is 0.899. The van der Waals surface area contributed by atoms with Crippen LogP contribution in [0.25, 0.3) is 0 Å². The Morgan fingerprint density at radius 1 is 1.69 bits per heavy atom. The number of thiophene rings is 1. The van der Waals surface area contributed by atoms with E-state index in [0.717, 1.165) is 28.0 Å². The summed E-state index contributed by atoms with van der Waals surface area (Å²) in [5.74, 6) is 0.534. The van der Waals surface area contributed by atoms with E-state index in [9.17, 15) is 4.79 Å². The van der Waals surface area contributed by atoms with Gasteiger partial charge in [-0.1, -0.05) is 6.92 Å². The SMILES string of the molecule is CC1CN(C(=O)c2csc(I)c2)CCC1Cl. The average Bonchev–Trinajstić information content (AvgIpc) is 2.68. The van der Waals surface area contributed by atoms with Gasteiger partial charge >= 0.3 is 0 Å². The largest absolute Gasteiger partial charge is 0.338 e. The molecule has 16 heavy (non-hydrogen) atoms. The molecule has 1 amide bonds. The highest BCUT2D eigenvalue weighted by Crippen LogP contribution is 2.24. The molecule has 1 aromatic heterocycles. The van der Waals surface area contributed by atoms with Crippen LogP contribution >= 0.6 is 45.5 Å². The van der Waals surface area contributed by atoms with Gasteiger partial charge in [0.2, 0.25) is 0 Å². The van der Waals surface area contributed by atoms with E-state index in [1.807, 2.05) is 16.3 Å². The lowest BCUT2D eigenvalue weighted by atomic mass is 9.99. The molecule has 2 nitrogen and oxygen atoms in total. The number of carbonyl (C=O) groups is 1. The minimum Gasteiger partial charge on any atom is -0.338 e. The fourth-order valence-electron chi connectivity index (χ4n) is 1.91. The Bertz CT molecular complexity index is 395. The monoisotopic (exact) mass is 369 g/mol. The molecule has 1 fully saturated rings.